The highest BCUT2D eigenvalue weighted by atomic mass is 32.1. The summed E-state index contributed by atoms with van der Waals surface area (Å²) in [5, 5.41) is 14.3. The van der Waals surface area contributed by atoms with E-state index in [1.54, 1.807) is 30.1 Å². The Balaban J connectivity index is 1.51. The molecule has 10 nitrogen and oxygen atoms in total. The third-order valence-electron chi connectivity index (χ3n) is 5.49. The summed E-state index contributed by atoms with van der Waals surface area (Å²) in [6, 6.07) is 6.37. The molecule has 13 heteroatoms. The number of H-pyrrole nitrogens is 1. The summed E-state index contributed by atoms with van der Waals surface area (Å²) in [6.45, 7) is 1.88. The number of halogens is 2. The number of methoxy groups -OCH3 is 1. The summed E-state index contributed by atoms with van der Waals surface area (Å²) in [5.41, 5.74) is 2.70. The summed E-state index contributed by atoms with van der Waals surface area (Å²) in [4.78, 5) is 26.4. The number of aromatic nitrogens is 7. The van der Waals surface area contributed by atoms with Gasteiger partial charge in [-0.15, -0.1) is 0 Å². The van der Waals surface area contributed by atoms with Crippen molar-refractivity contribution in [2.45, 2.75) is 13.3 Å². The Labute approximate surface area is 225 Å². The number of rotatable bonds is 6. The van der Waals surface area contributed by atoms with Gasteiger partial charge >= 0.3 is 0 Å². The first-order chi connectivity index (χ1) is 18.8. The van der Waals surface area contributed by atoms with Gasteiger partial charge in [-0.2, -0.15) is 10.2 Å². The normalized spacial score (nSPS) is 10.8. The maximum absolute atomic E-state index is 13.5. The first-order valence-corrected chi connectivity index (χ1v) is 12.3. The molecule has 5 aromatic heterocycles. The number of nitrogens with one attached hydrogen (secondary N) is 2. The van der Waals surface area contributed by atoms with Crippen LogP contribution >= 0.6 is 11.3 Å². The number of hydrogen-bond donors (Lipinski definition) is 2. The number of aryl methyl sites for hydroxylation is 2. The van der Waals surface area contributed by atoms with Crippen LogP contribution in [0.5, 0.6) is 5.75 Å². The zero-order valence-electron chi connectivity index (χ0n) is 20.9. The second kappa shape index (κ2) is 10.8. The molecular weight excluding hydrogens is 526 g/mol. The number of anilines is 1. The Morgan fingerprint density at radius 3 is 2.64 bits per heavy atom. The predicted molar refractivity (Wildman–Crippen MR) is 141 cm³/mol. The molecular formula is C26H20F2N8O2S. The highest BCUT2D eigenvalue weighted by molar-refractivity contribution is 7.16. The van der Waals surface area contributed by atoms with Crippen LogP contribution in [0.25, 0.3) is 22.5 Å². The second-order valence-corrected chi connectivity index (χ2v) is 9.30. The summed E-state index contributed by atoms with van der Waals surface area (Å²) >= 11 is 1.18. The van der Waals surface area contributed by atoms with E-state index in [4.69, 9.17) is 4.74 Å². The van der Waals surface area contributed by atoms with Gasteiger partial charge in [-0.05, 0) is 43.0 Å². The zero-order chi connectivity index (χ0) is 27.5. The van der Waals surface area contributed by atoms with E-state index in [0.29, 0.717) is 32.7 Å². The Hall–Kier alpha value is -4.96. The van der Waals surface area contributed by atoms with E-state index in [2.05, 4.69) is 47.4 Å². The van der Waals surface area contributed by atoms with E-state index in [0.717, 1.165) is 5.69 Å². The molecule has 2 N–H and O–H groups in total. The maximum Gasteiger partial charge on any atom is 0.280 e. The number of pyridine rings is 2. The van der Waals surface area contributed by atoms with Crippen LogP contribution in [0.15, 0.2) is 49.1 Å². The fraction of sp³-hybridized carbons (Fsp3) is 0.154. The molecule has 5 rings (SSSR count). The highest BCUT2D eigenvalue weighted by Gasteiger charge is 2.22. The van der Waals surface area contributed by atoms with Crippen molar-refractivity contribution in [3.63, 3.8) is 0 Å². The molecule has 0 spiro atoms. The molecule has 0 saturated heterocycles. The van der Waals surface area contributed by atoms with Crippen LogP contribution in [0.3, 0.4) is 0 Å². The molecule has 0 saturated carbocycles. The van der Waals surface area contributed by atoms with Crippen LogP contribution in [-0.4, -0.2) is 47.9 Å². The molecule has 0 aliphatic rings. The lowest BCUT2D eigenvalue weighted by atomic mass is 9.98. The van der Waals surface area contributed by atoms with Crippen LogP contribution < -0.4 is 10.1 Å². The molecule has 0 unspecified atom stereocenters. The number of hydrogen-bond acceptors (Lipinski definition) is 8. The molecule has 0 fully saturated rings. The molecule has 0 radical (unpaired) electrons. The van der Waals surface area contributed by atoms with Gasteiger partial charge in [0.2, 0.25) is 0 Å². The largest absolute Gasteiger partial charge is 0.494 e. The maximum atomic E-state index is 13.5. The topological polar surface area (TPSA) is 124 Å². The van der Waals surface area contributed by atoms with Crippen molar-refractivity contribution in [3.05, 3.63) is 76.6 Å². The standard InChI is InChI=1S/C26H20F2N8O2S/c1-14-8-15(34-33-14)4-5-16-11-31-26(39-16)32-25(37)19-12-29-21(20-6-7-36(2)35-20)9-17(19)18-10-22(24(27)28)30-13-23(18)38-3/h6-13,24H,1-3H3,(H,33,34)(H,31,32,37). The van der Waals surface area contributed by atoms with Crippen LogP contribution in [0.4, 0.5) is 13.9 Å². The van der Waals surface area contributed by atoms with Gasteiger partial charge in [0.25, 0.3) is 12.3 Å². The van der Waals surface area contributed by atoms with Crippen molar-refractivity contribution in [3.8, 4) is 40.1 Å². The molecule has 0 aliphatic heterocycles. The lowest BCUT2D eigenvalue weighted by Crippen LogP contribution is -2.14. The van der Waals surface area contributed by atoms with Crippen molar-refractivity contribution in [1.82, 2.24) is 34.9 Å². The lowest BCUT2D eigenvalue weighted by molar-refractivity contribution is 0.102. The number of carbonyl (C=O) groups excluding carboxylic acids is 1. The van der Waals surface area contributed by atoms with Crippen molar-refractivity contribution in [2.75, 3.05) is 12.4 Å². The number of amides is 1. The van der Waals surface area contributed by atoms with Gasteiger partial charge in [-0.25, -0.2) is 13.8 Å². The Kier molecular flexibility index (Phi) is 7.11. The van der Waals surface area contributed by atoms with E-state index in [1.807, 2.05) is 13.0 Å². The fourth-order valence-electron chi connectivity index (χ4n) is 3.66. The first kappa shape index (κ1) is 25.7. The van der Waals surface area contributed by atoms with Gasteiger partial charge in [0.15, 0.2) is 5.13 Å². The Morgan fingerprint density at radius 1 is 1.10 bits per heavy atom. The molecule has 196 valence electrons. The SMILES string of the molecule is COc1cnc(C(F)F)cc1-c1cc(-c2ccn(C)n2)ncc1C(=O)Nc1ncc(C#Cc2cc(C)[nH]n2)s1. The van der Waals surface area contributed by atoms with Gasteiger partial charge in [0.1, 0.15) is 22.8 Å². The summed E-state index contributed by atoms with van der Waals surface area (Å²) in [6.07, 6.45) is 3.03. The number of ether oxygens (including phenoxy) is 1. The third-order valence-corrected chi connectivity index (χ3v) is 6.32. The zero-order valence-corrected chi connectivity index (χ0v) is 21.7. The molecule has 0 atom stereocenters. The van der Waals surface area contributed by atoms with E-state index in [1.165, 1.54) is 43.1 Å². The number of nitrogens with zero attached hydrogens (tertiary/aromatic N) is 6. The highest BCUT2D eigenvalue weighted by Crippen LogP contribution is 2.36. The Morgan fingerprint density at radius 2 is 1.95 bits per heavy atom. The van der Waals surface area contributed by atoms with E-state index in [-0.39, 0.29) is 16.9 Å². The van der Waals surface area contributed by atoms with Crippen LogP contribution in [0.1, 0.15) is 38.7 Å². The molecule has 5 aromatic rings. The average Bonchev–Trinajstić information content (AvgIpc) is 3.68. The van der Waals surface area contributed by atoms with Crippen molar-refractivity contribution >= 4 is 22.4 Å². The van der Waals surface area contributed by atoms with Crippen LogP contribution in [0, 0.1) is 18.8 Å². The van der Waals surface area contributed by atoms with Gasteiger partial charge in [0.05, 0.1) is 35.6 Å². The van der Waals surface area contributed by atoms with Crippen molar-refractivity contribution in [2.24, 2.45) is 7.05 Å². The minimum absolute atomic E-state index is 0.120. The predicted octanol–water partition coefficient (Wildman–Crippen LogP) is 4.63. The van der Waals surface area contributed by atoms with E-state index < -0.39 is 18.0 Å². The van der Waals surface area contributed by atoms with Crippen LogP contribution in [0.2, 0.25) is 0 Å². The Bertz CT molecular complexity index is 1730. The van der Waals surface area contributed by atoms with Gasteiger partial charge in [-0.3, -0.25) is 29.9 Å². The lowest BCUT2D eigenvalue weighted by Gasteiger charge is -2.14. The van der Waals surface area contributed by atoms with Gasteiger partial charge < -0.3 is 4.74 Å². The van der Waals surface area contributed by atoms with E-state index in [9.17, 15) is 13.6 Å². The molecule has 0 aromatic carbocycles. The molecule has 39 heavy (non-hydrogen) atoms. The summed E-state index contributed by atoms with van der Waals surface area (Å²) in [7, 11) is 3.15. The van der Waals surface area contributed by atoms with E-state index >= 15 is 0 Å². The second-order valence-electron chi connectivity index (χ2n) is 8.27. The quantitative estimate of drug-likeness (QED) is 0.298. The van der Waals surface area contributed by atoms with Gasteiger partial charge in [0, 0.05) is 36.3 Å². The minimum atomic E-state index is -2.82. The van der Waals surface area contributed by atoms with Crippen molar-refractivity contribution < 1.29 is 18.3 Å². The van der Waals surface area contributed by atoms with Crippen LogP contribution in [-0.2, 0) is 7.05 Å². The number of thiazole rings is 1. The van der Waals surface area contributed by atoms with Crippen molar-refractivity contribution in [1.29, 1.82) is 0 Å². The third kappa shape index (κ3) is 5.65. The fourth-order valence-corrected chi connectivity index (χ4v) is 4.33. The molecule has 0 aliphatic carbocycles. The molecule has 1 amide bonds. The summed E-state index contributed by atoms with van der Waals surface area (Å²) < 4.78 is 34.1. The minimum Gasteiger partial charge on any atom is -0.494 e. The number of aromatic amines is 1. The number of alkyl halides is 2. The average molecular weight is 547 g/mol. The monoisotopic (exact) mass is 546 g/mol. The summed E-state index contributed by atoms with van der Waals surface area (Å²) in [5.74, 6) is 5.56. The smallest absolute Gasteiger partial charge is 0.280 e. The molecule has 0 bridgehead atoms. The number of carbonyl (C=O) groups is 1. The first-order valence-electron chi connectivity index (χ1n) is 11.4. The van der Waals surface area contributed by atoms with Gasteiger partial charge in [-0.1, -0.05) is 11.3 Å². The molecule has 5 heterocycles.